The lowest BCUT2D eigenvalue weighted by molar-refractivity contribution is 0.0995. The second kappa shape index (κ2) is 6.48. The molecule has 1 aromatic carbocycles. The van der Waals surface area contributed by atoms with Crippen LogP contribution in [-0.4, -0.2) is 12.5 Å². The predicted molar refractivity (Wildman–Crippen MR) is 78.5 cm³/mol. The molecule has 20 heavy (non-hydrogen) atoms. The molecule has 1 unspecified atom stereocenters. The first-order valence-corrected chi connectivity index (χ1v) is 6.82. The highest BCUT2D eigenvalue weighted by atomic mass is 35.5. The van der Waals surface area contributed by atoms with Crippen molar-refractivity contribution in [3.05, 3.63) is 47.9 Å². The van der Waals surface area contributed by atoms with Crippen LogP contribution in [0.4, 0.5) is 5.69 Å². The van der Waals surface area contributed by atoms with E-state index in [2.05, 4.69) is 5.32 Å². The molecular weight excluding hydrogens is 278 g/mol. The van der Waals surface area contributed by atoms with Crippen molar-refractivity contribution in [2.24, 2.45) is 0 Å². The number of alkyl halides is 1. The van der Waals surface area contributed by atoms with Gasteiger partial charge in [0.2, 0.25) is 0 Å². The van der Waals surface area contributed by atoms with E-state index in [0.717, 1.165) is 0 Å². The number of carbonyl (C=O) groups is 1. The van der Waals surface area contributed by atoms with Gasteiger partial charge in [0.15, 0.2) is 5.76 Å². The molecule has 0 radical (unpaired) electrons. The number of ether oxygens (including phenoxy) is 1. The molecule has 0 saturated heterocycles. The van der Waals surface area contributed by atoms with Gasteiger partial charge < -0.3 is 14.5 Å². The number of halogens is 1. The average Bonchev–Trinajstić information content (AvgIpc) is 2.89. The van der Waals surface area contributed by atoms with Crippen LogP contribution in [0.2, 0.25) is 0 Å². The van der Waals surface area contributed by atoms with E-state index < -0.39 is 0 Å². The van der Waals surface area contributed by atoms with Gasteiger partial charge in [-0.1, -0.05) is 6.07 Å². The van der Waals surface area contributed by atoms with Crippen LogP contribution in [0, 0.1) is 0 Å². The van der Waals surface area contributed by atoms with E-state index in [9.17, 15) is 4.79 Å². The van der Waals surface area contributed by atoms with Gasteiger partial charge in [-0.05, 0) is 38.1 Å². The minimum absolute atomic E-state index is 0.231. The summed E-state index contributed by atoms with van der Waals surface area (Å²) in [5, 5.41) is 2.49. The van der Waals surface area contributed by atoms with Crippen molar-refractivity contribution in [2.45, 2.75) is 19.2 Å². The molecule has 106 valence electrons. The fourth-order valence-electron chi connectivity index (χ4n) is 1.71. The number of furan rings is 1. The average molecular weight is 294 g/mol. The highest BCUT2D eigenvalue weighted by Gasteiger charge is 2.14. The quantitative estimate of drug-likeness (QED) is 0.839. The third kappa shape index (κ3) is 3.54. The molecule has 4 nitrogen and oxygen atoms in total. The minimum atomic E-state index is -0.317. The smallest absolute Gasteiger partial charge is 0.291 e. The Hall–Kier alpha value is -1.94. The van der Waals surface area contributed by atoms with E-state index in [1.165, 1.54) is 0 Å². The zero-order valence-electron chi connectivity index (χ0n) is 11.4. The first kappa shape index (κ1) is 14.5. The molecule has 0 saturated carbocycles. The molecule has 1 aromatic heterocycles. The molecule has 2 aromatic rings. The number of hydrogen-bond acceptors (Lipinski definition) is 3. The molecule has 1 heterocycles. The molecule has 0 fully saturated rings. The van der Waals surface area contributed by atoms with E-state index >= 15 is 0 Å². The summed E-state index contributed by atoms with van der Waals surface area (Å²) in [6.45, 7) is 4.27. The van der Waals surface area contributed by atoms with Gasteiger partial charge in [0.05, 0.1) is 12.0 Å². The maximum atomic E-state index is 12.0. The van der Waals surface area contributed by atoms with E-state index in [4.69, 9.17) is 20.8 Å². The van der Waals surface area contributed by atoms with Crippen LogP contribution in [0.25, 0.3) is 0 Å². The fraction of sp³-hybridized carbons (Fsp3) is 0.267. The summed E-state index contributed by atoms with van der Waals surface area (Å²) in [6.07, 6.45) is 0. The zero-order chi connectivity index (χ0) is 14.5. The van der Waals surface area contributed by atoms with Gasteiger partial charge in [0.25, 0.3) is 5.91 Å². The number of benzene rings is 1. The maximum absolute atomic E-state index is 12.0. The number of hydrogen-bond donors (Lipinski definition) is 1. The van der Waals surface area contributed by atoms with E-state index in [1.807, 2.05) is 19.1 Å². The standard InChI is InChI=1S/C15H16ClNO3/c1-3-19-12-6-4-5-11(9-12)17-15(18)14-8-7-13(20-14)10(2)16/h4-10H,3H2,1-2H3,(H,17,18). The van der Waals surface area contributed by atoms with Crippen LogP contribution >= 0.6 is 11.6 Å². The molecule has 1 atom stereocenters. The molecule has 2 rings (SSSR count). The Morgan fingerprint density at radius 2 is 2.20 bits per heavy atom. The highest BCUT2D eigenvalue weighted by Crippen LogP contribution is 2.23. The summed E-state index contributed by atoms with van der Waals surface area (Å²) in [7, 11) is 0. The van der Waals surface area contributed by atoms with Crippen molar-refractivity contribution in [1.82, 2.24) is 0 Å². The Morgan fingerprint density at radius 1 is 1.40 bits per heavy atom. The number of carbonyl (C=O) groups excluding carboxylic acids is 1. The molecule has 0 spiro atoms. The second-order valence-electron chi connectivity index (χ2n) is 4.23. The monoisotopic (exact) mass is 293 g/mol. The minimum Gasteiger partial charge on any atom is -0.494 e. The van der Waals surface area contributed by atoms with Gasteiger partial charge >= 0.3 is 0 Å². The zero-order valence-corrected chi connectivity index (χ0v) is 12.1. The maximum Gasteiger partial charge on any atom is 0.291 e. The summed E-state index contributed by atoms with van der Waals surface area (Å²) < 4.78 is 10.8. The number of nitrogens with one attached hydrogen (secondary N) is 1. The number of anilines is 1. The lowest BCUT2D eigenvalue weighted by atomic mass is 10.3. The molecule has 0 bridgehead atoms. The van der Waals surface area contributed by atoms with Gasteiger partial charge in [-0.3, -0.25) is 4.79 Å². The van der Waals surface area contributed by atoms with E-state index in [0.29, 0.717) is 23.8 Å². The van der Waals surface area contributed by atoms with Crippen molar-refractivity contribution < 1.29 is 13.9 Å². The van der Waals surface area contributed by atoms with Gasteiger partial charge in [0.1, 0.15) is 11.5 Å². The van der Waals surface area contributed by atoms with Crippen molar-refractivity contribution in [3.8, 4) is 5.75 Å². The largest absolute Gasteiger partial charge is 0.494 e. The molecule has 1 N–H and O–H groups in total. The summed E-state index contributed by atoms with van der Waals surface area (Å²) in [4.78, 5) is 12.0. The third-order valence-electron chi connectivity index (χ3n) is 2.65. The van der Waals surface area contributed by atoms with Crippen LogP contribution in [0.5, 0.6) is 5.75 Å². The normalized spacial score (nSPS) is 11.9. The SMILES string of the molecule is CCOc1cccc(NC(=O)c2ccc(C(C)Cl)o2)c1. The first-order valence-electron chi connectivity index (χ1n) is 6.38. The van der Waals surface area contributed by atoms with Crippen molar-refractivity contribution >= 4 is 23.2 Å². The fourth-order valence-corrected chi connectivity index (χ4v) is 1.83. The molecular formula is C15H16ClNO3. The number of rotatable bonds is 5. The van der Waals surface area contributed by atoms with Gasteiger partial charge in [-0.15, -0.1) is 11.6 Å². The summed E-state index contributed by atoms with van der Waals surface area (Å²) >= 11 is 5.89. The second-order valence-corrected chi connectivity index (χ2v) is 4.89. The molecule has 0 aliphatic rings. The van der Waals surface area contributed by atoms with Gasteiger partial charge in [-0.2, -0.15) is 0 Å². The van der Waals surface area contributed by atoms with Crippen LogP contribution in [0.1, 0.15) is 35.5 Å². The Bertz CT molecular complexity index is 592. The topological polar surface area (TPSA) is 51.5 Å². The van der Waals surface area contributed by atoms with Crippen molar-refractivity contribution in [3.63, 3.8) is 0 Å². The van der Waals surface area contributed by atoms with Crippen LogP contribution in [-0.2, 0) is 0 Å². The third-order valence-corrected chi connectivity index (χ3v) is 2.86. The lowest BCUT2D eigenvalue weighted by Crippen LogP contribution is -2.10. The molecule has 1 amide bonds. The van der Waals surface area contributed by atoms with Crippen molar-refractivity contribution in [2.75, 3.05) is 11.9 Å². The Balaban J connectivity index is 2.08. The predicted octanol–water partition coefficient (Wildman–Crippen LogP) is 4.23. The molecule has 0 aliphatic carbocycles. The Kier molecular flexibility index (Phi) is 4.69. The lowest BCUT2D eigenvalue weighted by Gasteiger charge is -2.06. The van der Waals surface area contributed by atoms with Crippen molar-refractivity contribution in [1.29, 1.82) is 0 Å². The Labute approximate surface area is 122 Å². The van der Waals surface area contributed by atoms with Gasteiger partial charge in [-0.25, -0.2) is 0 Å². The van der Waals surface area contributed by atoms with E-state index in [-0.39, 0.29) is 17.0 Å². The van der Waals surface area contributed by atoms with E-state index in [1.54, 1.807) is 31.2 Å². The van der Waals surface area contributed by atoms with Crippen LogP contribution in [0.3, 0.4) is 0 Å². The molecule has 5 heteroatoms. The highest BCUT2D eigenvalue weighted by molar-refractivity contribution is 6.20. The molecule has 0 aliphatic heterocycles. The summed E-state index contributed by atoms with van der Waals surface area (Å²) in [6, 6.07) is 10.5. The van der Waals surface area contributed by atoms with Gasteiger partial charge in [0, 0.05) is 11.8 Å². The first-order chi connectivity index (χ1) is 9.60. The summed E-state index contributed by atoms with van der Waals surface area (Å²) in [5.41, 5.74) is 0.651. The van der Waals surface area contributed by atoms with Crippen LogP contribution in [0.15, 0.2) is 40.8 Å². The van der Waals surface area contributed by atoms with Crippen LogP contribution < -0.4 is 10.1 Å². The Morgan fingerprint density at radius 3 is 2.85 bits per heavy atom. The summed E-state index contributed by atoms with van der Waals surface area (Å²) in [5.74, 6) is 1.19. The number of amides is 1.